The van der Waals surface area contributed by atoms with Crippen LogP contribution in [-0.2, 0) is 4.79 Å². The van der Waals surface area contributed by atoms with E-state index in [1.165, 1.54) is 6.92 Å². The molecule has 0 spiro atoms. The summed E-state index contributed by atoms with van der Waals surface area (Å²) < 4.78 is 5.19. The van der Waals surface area contributed by atoms with E-state index in [1.54, 1.807) is 13.2 Å². The fraction of sp³-hybridized carbons (Fsp3) is 0.133. The Balaban J connectivity index is 2.35. The van der Waals surface area contributed by atoms with Gasteiger partial charge in [-0.3, -0.25) is 4.79 Å². The molecule has 0 unspecified atom stereocenters. The third kappa shape index (κ3) is 3.04. The second-order valence-corrected chi connectivity index (χ2v) is 4.22. The molecule has 0 saturated carbocycles. The Labute approximate surface area is 112 Å². The van der Waals surface area contributed by atoms with Crippen LogP contribution in [0.15, 0.2) is 42.5 Å². The fourth-order valence-electron chi connectivity index (χ4n) is 1.85. The van der Waals surface area contributed by atoms with Gasteiger partial charge in [0.05, 0.1) is 18.5 Å². The minimum absolute atomic E-state index is 0.138. The third-order valence-electron chi connectivity index (χ3n) is 2.77. The summed E-state index contributed by atoms with van der Waals surface area (Å²) in [6.07, 6.45) is 0. The van der Waals surface area contributed by atoms with Crippen LogP contribution in [0.4, 0.5) is 11.4 Å². The van der Waals surface area contributed by atoms with Crippen molar-refractivity contribution in [2.75, 3.05) is 18.2 Å². The molecule has 2 aromatic carbocycles. The zero-order valence-corrected chi connectivity index (χ0v) is 10.9. The van der Waals surface area contributed by atoms with Crippen LogP contribution in [-0.4, -0.2) is 13.0 Å². The first-order valence-corrected chi connectivity index (χ1v) is 5.91. The Bertz CT molecular complexity index is 609. The lowest BCUT2D eigenvalue weighted by Gasteiger charge is -2.09. The molecule has 0 bridgehead atoms. The standard InChI is InChI=1S/C15H16N2O2/c1-10(18)17-15-7-6-12(9-14(15)16)11-4-3-5-13(8-11)19-2/h3-9H,16H2,1-2H3,(H,17,18). The van der Waals surface area contributed by atoms with Gasteiger partial charge in [-0.2, -0.15) is 0 Å². The van der Waals surface area contributed by atoms with Crippen LogP contribution in [0.25, 0.3) is 11.1 Å². The SMILES string of the molecule is COc1cccc(-c2ccc(NC(C)=O)c(N)c2)c1. The van der Waals surface area contributed by atoms with E-state index in [9.17, 15) is 4.79 Å². The number of nitrogens with two attached hydrogens (primary N) is 1. The van der Waals surface area contributed by atoms with Gasteiger partial charge in [0.2, 0.25) is 5.91 Å². The van der Waals surface area contributed by atoms with Crippen molar-refractivity contribution in [3.8, 4) is 16.9 Å². The maximum absolute atomic E-state index is 11.0. The zero-order valence-electron chi connectivity index (χ0n) is 10.9. The maximum Gasteiger partial charge on any atom is 0.221 e. The second kappa shape index (κ2) is 5.44. The van der Waals surface area contributed by atoms with Gasteiger partial charge in [-0.25, -0.2) is 0 Å². The van der Waals surface area contributed by atoms with Gasteiger partial charge in [0, 0.05) is 6.92 Å². The van der Waals surface area contributed by atoms with E-state index >= 15 is 0 Å². The first-order chi connectivity index (χ1) is 9.10. The van der Waals surface area contributed by atoms with Crippen molar-refractivity contribution in [3.05, 3.63) is 42.5 Å². The molecule has 0 fully saturated rings. The van der Waals surface area contributed by atoms with Crippen LogP contribution < -0.4 is 15.8 Å². The van der Waals surface area contributed by atoms with Crippen molar-refractivity contribution in [3.63, 3.8) is 0 Å². The Kier molecular flexibility index (Phi) is 3.71. The lowest BCUT2D eigenvalue weighted by Crippen LogP contribution is -2.07. The molecule has 3 N–H and O–H groups in total. The number of ether oxygens (including phenoxy) is 1. The number of nitrogen functional groups attached to an aromatic ring is 1. The smallest absolute Gasteiger partial charge is 0.221 e. The Hall–Kier alpha value is -2.49. The van der Waals surface area contributed by atoms with Gasteiger partial charge in [0.15, 0.2) is 0 Å². The fourth-order valence-corrected chi connectivity index (χ4v) is 1.85. The lowest BCUT2D eigenvalue weighted by atomic mass is 10.0. The molecule has 0 saturated heterocycles. The molecule has 0 aromatic heterocycles. The molecule has 4 heteroatoms. The molecule has 2 aromatic rings. The monoisotopic (exact) mass is 256 g/mol. The summed E-state index contributed by atoms with van der Waals surface area (Å²) in [7, 11) is 1.63. The molecule has 0 atom stereocenters. The minimum Gasteiger partial charge on any atom is -0.497 e. The average molecular weight is 256 g/mol. The first kappa shape index (κ1) is 13.0. The van der Waals surface area contributed by atoms with E-state index < -0.39 is 0 Å². The van der Waals surface area contributed by atoms with Crippen LogP contribution >= 0.6 is 0 Å². The number of carbonyl (C=O) groups excluding carboxylic acids is 1. The lowest BCUT2D eigenvalue weighted by molar-refractivity contribution is -0.114. The molecule has 19 heavy (non-hydrogen) atoms. The third-order valence-corrected chi connectivity index (χ3v) is 2.77. The van der Waals surface area contributed by atoms with Gasteiger partial charge in [-0.05, 0) is 35.4 Å². The predicted octanol–water partition coefficient (Wildman–Crippen LogP) is 2.90. The second-order valence-electron chi connectivity index (χ2n) is 4.22. The van der Waals surface area contributed by atoms with E-state index in [0.29, 0.717) is 11.4 Å². The van der Waals surface area contributed by atoms with Crippen LogP contribution in [0.1, 0.15) is 6.92 Å². The molecule has 0 aliphatic carbocycles. The number of anilines is 2. The summed E-state index contributed by atoms with van der Waals surface area (Å²) in [6, 6.07) is 13.3. The van der Waals surface area contributed by atoms with Crippen molar-refractivity contribution >= 4 is 17.3 Å². The van der Waals surface area contributed by atoms with Gasteiger partial charge in [0.1, 0.15) is 5.75 Å². The first-order valence-electron chi connectivity index (χ1n) is 5.91. The molecule has 2 rings (SSSR count). The number of amides is 1. The van der Waals surface area contributed by atoms with E-state index in [-0.39, 0.29) is 5.91 Å². The molecule has 0 radical (unpaired) electrons. The van der Waals surface area contributed by atoms with Crippen molar-refractivity contribution in [1.82, 2.24) is 0 Å². The quantitative estimate of drug-likeness (QED) is 0.830. The van der Waals surface area contributed by atoms with Gasteiger partial charge in [-0.1, -0.05) is 18.2 Å². The molecular formula is C15H16N2O2. The molecule has 4 nitrogen and oxygen atoms in total. The van der Waals surface area contributed by atoms with Gasteiger partial charge >= 0.3 is 0 Å². The Morgan fingerprint density at radius 3 is 2.53 bits per heavy atom. The maximum atomic E-state index is 11.0. The Morgan fingerprint density at radius 1 is 1.16 bits per heavy atom. The summed E-state index contributed by atoms with van der Waals surface area (Å²) in [5.74, 6) is 0.655. The molecule has 98 valence electrons. The highest BCUT2D eigenvalue weighted by atomic mass is 16.5. The molecule has 0 aliphatic heterocycles. The van der Waals surface area contributed by atoms with Crippen LogP contribution in [0.3, 0.4) is 0 Å². The predicted molar refractivity (Wildman–Crippen MR) is 77.1 cm³/mol. The number of hydrogen-bond donors (Lipinski definition) is 2. The van der Waals surface area contributed by atoms with Crippen LogP contribution in [0.2, 0.25) is 0 Å². The highest BCUT2D eigenvalue weighted by molar-refractivity contribution is 5.93. The molecule has 0 heterocycles. The summed E-state index contributed by atoms with van der Waals surface area (Å²) >= 11 is 0. The van der Waals surface area contributed by atoms with Crippen LogP contribution in [0.5, 0.6) is 5.75 Å². The van der Waals surface area contributed by atoms with Gasteiger partial charge in [0.25, 0.3) is 0 Å². The number of rotatable bonds is 3. The molecule has 1 amide bonds. The van der Waals surface area contributed by atoms with Gasteiger partial charge in [-0.15, -0.1) is 0 Å². The Morgan fingerprint density at radius 2 is 1.89 bits per heavy atom. The van der Waals surface area contributed by atoms with Gasteiger partial charge < -0.3 is 15.8 Å². The van der Waals surface area contributed by atoms with Crippen molar-refractivity contribution < 1.29 is 9.53 Å². The highest BCUT2D eigenvalue weighted by Crippen LogP contribution is 2.28. The van der Waals surface area contributed by atoms with E-state index in [1.807, 2.05) is 36.4 Å². The van der Waals surface area contributed by atoms with Crippen molar-refractivity contribution in [2.24, 2.45) is 0 Å². The summed E-state index contributed by atoms with van der Waals surface area (Å²) in [5.41, 5.74) is 9.08. The summed E-state index contributed by atoms with van der Waals surface area (Å²) in [6.45, 7) is 1.45. The van der Waals surface area contributed by atoms with E-state index in [2.05, 4.69) is 5.32 Å². The average Bonchev–Trinajstić information content (AvgIpc) is 2.40. The zero-order chi connectivity index (χ0) is 13.8. The van der Waals surface area contributed by atoms with Crippen LogP contribution in [0, 0.1) is 0 Å². The number of carbonyl (C=O) groups is 1. The molecule has 0 aliphatic rings. The number of methoxy groups -OCH3 is 1. The summed E-state index contributed by atoms with van der Waals surface area (Å²) in [4.78, 5) is 11.0. The number of hydrogen-bond acceptors (Lipinski definition) is 3. The normalized spacial score (nSPS) is 10.0. The topological polar surface area (TPSA) is 64.3 Å². The summed E-state index contributed by atoms with van der Waals surface area (Å²) in [5, 5.41) is 2.69. The van der Waals surface area contributed by atoms with E-state index in [0.717, 1.165) is 16.9 Å². The van der Waals surface area contributed by atoms with E-state index in [4.69, 9.17) is 10.5 Å². The minimum atomic E-state index is -0.138. The number of benzene rings is 2. The molecular weight excluding hydrogens is 240 g/mol. The van der Waals surface area contributed by atoms with Crippen molar-refractivity contribution in [2.45, 2.75) is 6.92 Å². The number of nitrogens with one attached hydrogen (secondary N) is 1. The van der Waals surface area contributed by atoms with Crippen molar-refractivity contribution in [1.29, 1.82) is 0 Å². The largest absolute Gasteiger partial charge is 0.497 e. The highest BCUT2D eigenvalue weighted by Gasteiger charge is 2.05.